The average molecular weight is 304 g/mol. The minimum Gasteiger partial charge on any atom is -0.381 e. The molecule has 1 amide bonds. The van der Waals surface area contributed by atoms with Crippen LogP contribution in [0.15, 0.2) is 0 Å². The Hall–Kier alpha value is -1.25. The number of amides is 1. The van der Waals surface area contributed by atoms with E-state index in [1.54, 1.807) is 0 Å². The Labute approximate surface area is 123 Å². The van der Waals surface area contributed by atoms with E-state index in [0.717, 1.165) is 6.42 Å². The van der Waals surface area contributed by atoms with E-state index in [4.69, 9.17) is 4.74 Å². The van der Waals surface area contributed by atoms with Crippen LogP contribution < -0.4 is 5.32 Å². The molecule has 0 aromatic rings. The number of nitrogens with one attached hydrogen (secondary N) is 1. The normalized spacial score (nSPS) is 30.0. The van der Waals surface area contributed by atoms with E-state index in [2.05, 4.69) is 5.32 Å². The quantitative estimate of drug-likeness (QED) is 0.487. The van der Waals surface area contributed by atoms with Gasteiger partial charge in [-0.2, -0.15) is 0 Å². The molecule has 1 aliphatic heterocycles. The largest absolute Gasteiger partial charge is 0.381 e. The van der Waals surface area contributed by atoms with Crippen molar-refractivity contribution in [3.63, 3.8) is 0 Å². The van der Waals surface area contributed by atoms with E-state index in [1.165, 1.54) is 0 Å². The van der Waals surface area contributed by atoms with Gasteiger partial charge in [-0.05, 0) is 11.8 Å². The maximum absolute atomic E-state index is 11.7. The van der Waals surface area contributed by atoms with Crippen LogP contribution in [0.4, 0.5) is 0 Å². The van der Waals surface area contributed by atoms with Gasteiger partial charge in [0.05, 0.1) is 6.10 Å². The van der Waals surface area contributed by atoms with Gasteiger partial charge in [0.15, 0.2) is 12.4 Å². The molecule has 0 saturated carbocycles. The zero-order valence-electron chi connectivity index (χ0n) is 12.6. The number of hydrogen-bond acceptors (Lipinski definition) is 6. The predicted octanol–water partition coefficient (Wildman–Crippen LogP) is 0.0424. The second kappa shape index (κ2) is 7.15. The number of ether oxygens (including phenoxy) is 1. The van der Waals surface area contributed by atoms with E-state index in [1.807, 2.05) is 20.8 Å². The van der Waals surface area contributed by atoms with Crippen molar-refractivity contribution in [1.82, 2.24) is 5.32 Å². The van der Waals surface area contributed by atoms with Gasteiger partial charge < -0.3 is 20.3 Å². The first-order valence-electron chi connectivity index (χ1n) is 7.02. The van der Waals surface area contributed by atoms with Gasteiger partial charge >= 0.3 is 0 Å². The van der Waals surface area contributed by atoms with Gasteiger partial charge in [0.1, 0.15) is 0 Å². The lowest BCUT2D eigenvalue weighted by atomic mass is 9.90. The molecule has 0 aromatic heterocycles. The smallest absolute Gasteiger partial charge is 0.246 e. The minimum absolute atomic E-state index is 0.0508. The summed E-state index contributed by atoms with van der Waals surface area (Å²) in [6.45, 7) is 6.18. The number of nitrogens with zero attached hydrogens (tertiary/aromatic N) is 1. The van der Waals surface area contributed by atoms with Crippen molar-refractivity contribution in [3.8, 4) is 0 Å². The van der Waals surface area contributed by atoms with E-state index >= 15 is 0 Å². The molecule has 0 bridgehead atoms. The molecule has 0 radical (unpaired) electrons. The zero-order chi connectivity index (χ0) is 16.2. The Morgan fingerprint density at radius 1 is 1.43 bits per heavy atom. The zero-order valence-corrected chi connectivity index (χ0v) is 12.6. The average Bonchev–Trinajstić information content (AvgIpc) is 2.36. The Morgan fingerprint density at radius 2 is 2.05 bits per heavy atom. The fraction of sp³-hybridized carbons (Fsp3) is 0.923. The van der Waals surface area contributed by atoms with Crippen molar-refractivity contribution in [1.29, 1.82) is 0 Å². The van der Waals surface area contributed by atoms with Crippen LogP contribution in [-0.4, -0.2) is 52.1 Å². The molecule has 21 heavy (non-hydrogen) atoms. The molecule has 8 heteroatoms. The van der Waals surface area contributed by atoms with Crippen LogP contribution in [0.3, 0.4) is 0 Å². The molecule has 0 aromatic carbocycles. The molecule has 3 N–H and O–H groups in total. The van der Waals surface area contributed by atoms with Crippen LogP contribution in [0.2, 0.25) is 0 Å². The third-order valence-corrected chi connectivity index (χ3v) is 3.42. The van der Waals surface area contributed by atoms with Crippen LogP contribution in [0.1, 0.15) is 40.0 Å². The fourth-order valence-electron chi connectivity index (χ4n) is 2.08. The van der Waals surface area contributed by atoms with Crippen LogP contribution in [-0.2, 0) is 9.53 Å². The molecule has 1 heterocycles. The van der Waals surface area contributed by atoms with Gasteiger partial charge in [0, 0.05) is 24.3 Å². The second-order valence-corrected chi connectivity index (χ2v) is 6.59. The van der Waals surface area contributed by atoms with Gasteiger partial charge in [0.2, 0.25) is 11.9 Å². The number of aliphatic hydroxyl groups excluding tert-OH is 2. The minimum atomic E-state index is -1.61. The van der Waals surface area contributed by atoms with Crippen molar-refractivity contribution in [3.05, 3.63) is 10.1 Å². The highest BCUT2D eigenvalue weighted by molar-refractivity contribution is 5.75. The first kappa shape index (κ1) is 17.8. The summed E-state index contributed by atoms with van der Waals surface area (Å²) in [5, 5.41) is 32.4. The monoisotopic (exact) mass is 304 g/mol. The molecular weight excluding hydrogens is 280 g/mol. The molecular formula is C13H24N2O6. The van der Waals surface area contributed by atoms with E-state index < -0.39 is 29.5 Å². The van der Waals surface area contributed by atoms with Crippen LogP contribution >= 0.6 is 0 Å². The summed E-state index contributed by atoms with van der Waals surface area (Å²) in [6, 6.07) is -1.29. The van der Waals surface area contributed by atoms with Crippen molar-refractivity contribution < 1.29 is 24.7 Å². The number of carbonyl (C=O) groups excluding carboxylic acids is 1. The molecule has 3 unspecified atom stereocenters. The number of hydrogen-bond donors (Lipinski definition) is 3. The maximum Gasteiger partial charge on any atom is 0.246 e. The summed E-state index contributed by atoms with van der Waals surface area (Å²) >= 11 is 0. The number of carbonyl (C=O) groups is 1. The van der Waals surface area contributed by atoms with Gasteiger partial charge in [-0.3, -0.25) is 14.9 Å². The maximum atomic E-state index is 11.7. The topological polar surface area (TPSA) is 122 Å². The lowest BCUT2D eigenvalue weighted by Gasteiger charge is -2.32. The summed E-state index contributed by atoms with van der Waals surface area (Å²) < 4.78 is 5.06. The molecule has 1 fully saturated rings. The highest BCUT2D eigenvalue weighted by Crippen LogP contribution is 2.22. The lowest BCUT2D eigenvalue weighted by molar-refractivity contribution is -0.550. The third kappa shape index (κ3) is 5.94. The van der Waals surface area contributed by atoms with Crippen LogP contribution in [0.5, 0.6) is 0 Å². The lowest BCUT2D eigenvalue weighted by Crippen LogP contribution is -2.53. The van der Waals surface area contributed by atoms with Crippen molar-refractivity contribution in [2.75, 3.05) is 6.54 Å². The molecule has 0 spiro atoms. The summed E-state index contributed by atoms with van der Waals surface area (Å²) in [5.74, 6) is -0.160. The van der Waals surface area contributed by atoms with Gasteiger partial charge in [-0.15, -0.1) is 0 Å². The molecule has 0 aliphatic carbocycles. The number of nitro groups is 1. The number of rotatable bonds is 5. The summed E-state index contributed by atoms with van der Waals surface area (Å²) in [5.41, 5.74) is 0.0513. The van der Waals surface area contributed by atoms with Gasteiger partial charge in [-0.1, -0.05) is 20.8 Å². The fourth-order valence-corrected chi connectivity index (χ4v) is 2.08. The summed E-state index contributed by atoms with van der Waals surface area (Å²) in [4.78, 5) is 21.8. The van der Waals surface area contributed by atoms with Crippen LogP contribution in [0.25, 0.3) is 0 Å². The summed E-state index contributed by atoms with van der Waals surface area (Å²) in [7, 11) is 0. The SMILES string of the molecule is CC(C)(C)CCC(=O)NCC1CC([N+](=O)[O-])C(O)[C@H](O)O1. The van der Waals surface area contributed by atoms with Crippen molar-refractivity contribution >= 4 is 5.91 Å². The van der Waals surface area contributed by atoms with Crippen molar-refractivity contribution in [2.45, 2.75) is 64.6 Å². The molecule has 1 saturated heterocycles. The molecule has 1 aliphatic rings. The van der Waals surface area contributed by atoms with Crippen molar-refractivity contribution in [2.24, 2.45) is 5.41 Å². The van der Waals surface area contributed by atoms with Gasteiger partial charge in [0.25, 0.3) is 0 Å². The highest BCUT2D eigenvalue weighted by Gasteiger charge is 2.43. The third-order valence-electron chi connectivity index (χ3n) is 3.42. The molecule has 122 valence electrons. The molecule has 1 rings (SSSR count). The standard InChI is InChI=1S/C13H24N2O6/c1-13(2,3)5-4-10(16)14-7-8-6-9(15(19)20)11(17)12(18)21-8/h8-9,11-12,17-18H,4-7H2,1-3H3,(H,14,16)/t8?,9?,11?,12-/m1/s1. The van der Waals surface area contributed by atoms with E-state index in [0.29, 0.717) is 6.42 Å². The summed E-state index contributed by atoms with van der Waals surface area (Å²) in [6.07, 6.45) is -2.80. The highest BCUT2D eigenvalue weighted by atomic mass is 16.6. The first-order chi connectivity index (χ1) is 9.60. The number of aliphatic hydroxyl groups is 2. The first-order valence-corrected chi connectivity index (χ1v) is 7.02. The van der Waals surface area contributed by atoms with Crippen LogP contribution in [0, 0.1) is 15.5 Å². The van der Waals surface area contributed by atoms with E-state index in [-0.39, 0.29) is 24.3 Å². The Balaban J connectivity index is 2.41. The van der Waals surface area contributed by atoms with E-state index in [9.17, 15) is 25.1 Å². The molecule has 4 atom stereocenters. The van der Waals surface area contributed by atoms with Gasteiger partial charge in [-0.25, -0.2) is 0 Å². The molecule has 8 nitrogen and oxygen atoms in total. The Bertz CT molecular complexity index is 381. The predicted molar refractivity (Wildman–Crippen MR) is 74.0 cm³/mol. The Kier molecular flexibility index (Phi) is 6.06. The Morgan fingerprint density at radius 3 is 2.57 bits per heavy atom. The second-order valence-electron chi connectivity index (χ2n) is 6.59.